The molecule has 1 fully saturated rings. The lowest BCUT2D eigenvalue weighted by atomic mass is 9.94. The summed E-state index contributed by atoms with van der Waals surface area (Å²) in [5, 5.41) is 11.8. The zero-order chi connectivity index (χ0) is 24.1. The molecular weight excluding hydrogens is 440 g/mol. The average Bonchev–Trinajstić information content (AvgIpc) is 3.03. The molecule has 0 aromatic heterocycles. The number of halogens is 1. The van der Waals surface area contributed by atoms with E-state index in [9.17, 15) is 14.7 Å². The van der Waals surface area contributed by atoms with E-state index in [4.69, 9.17) is 16.3 Å². The third-order valence-electron chi connectivity index (χ3n) is 5.54. The maximum absolute atomic E-state index is 13.1. The SMILES string of the molecule is C=CCOc1ccc(C(O)=C2C(=O)C(=O)N(CCCN(C)C)C2c2ccc(Cl)cc2)cc1C. The first-order valence-electron chi connectivity index (χ1n) is 10.8. The number of amides is 1. The number of aliphatic hydroxyl groups is 1. The Morgan fingerprint density at radius 3 is 2.52 bits per heavy atom. The molecule has 0 spiro atoms. The third kappa shape index (κ3) is 5.46. The van der Waals surface area contributed by atoms with Crippen LogP contribution in [0.2, 0.25) is 5.02 Å². The summed E-state index contributed by atoms with van der Waals surface area (Å²) in [7, 11) is 3.91. The molecule has 1 amide bonds. The third-order valence-corrected chi connectivity index (χ3v) is 5.79. The number of ketones is 1. The van der Waals surface area contributed by atoms with Gasteiger partial charge in [0.05, 0.1) is 11.6 Å². The lowest BCUT2D eigenvalue weighted by Crippen LogP contribution is -2.32. The number of nitrogens with zero attached hydrogens (tertiary/aromatic N) is 2. The highest BCUT2D eigenvalue weighted by Gasteiger charge is 2.45. The number of rotatable bonds is 9. The van der Waals surface area contributed by atoms with Crippen LogP contribution in [0.1, 0.15) is 29.2 Å². The Bertz CT molecular complexity index is 1080. The van der Waals surface area contributed by atoms with E-state index in [0.717, 1.165) is 12.1 Å². The largest absolute Gasteiger partial charge is 0.507 e. The molecular formula is C26H29ClN2O4. The van der Waals surface area contributed by atoms with Crippen LogP contribution in [0.25, 0.3) is 5.76 Å². The monoisotopic (exact) mass is 468 g/mol. The van der Waals surface area contributed by atoms with Crippen molar-refractivity contribution < 1.29 is 19.4 Å². The second kappa shape index (κ2) is 10.7. The number of hydrogen-bond donors (Lipinski definition) is 1. The second-order valence-electron chi connectivity index (χ2n) is 8.28. The van der Waals surface area contributed by atoms with Gasteiger partial charge in [0.15, 0.2) is 0 Å². The van der Waals surface area contributed by atoms with Crippen LogP contribution in [-0.2, 0) is 9.59 Å². The predicted molar refractivity (Wildman–Crippen MR) is 131 cm³/mol. The van der Waals surface area contributed by atoms with Gasteiger partial charge in [0.2, 0.25) is 0 Å². The summed E-state index contributed by atoms with van der Waals surface area (Å²) in [6.07, 6.45) is 2.34. The Labute approximate surface area is 199 Å². The van der Waals surface area contributed by atoms with Crippen molar-refractivity contribution in [2.75, 3.05) is 33.8 Å². The van der Waals surface area contributed by atoms with Crippen molar-refractivity contribution >= 4 is 29.1 Å². The van der Waals surface area contributed by atoms with Gasteiger partial charge in [0.25, 0.3) is 11.7 Å². The van der Waals surface area contributed by atoms with Crippen LogP contribution in [0, 0.1) is 6.92 Å². The van der Waals surface area contributed by atoms with Gasteiger partial charge in [-0.1, -0.05) is 36.4 Å². The molecule has 0 radical (unpaired) electrons. The van der Waals surface area contributed by atoms with Crippen LogP contribution in [-0.4, -0.2) is 60.4 Å². The van der Waals surface area contributed by atoms with E-state index in [1.807, 2.05) is 25.9 Å². The average molecular weight is 469 g/mol. The van der Waals surface area contributed by atoms with E-state index in [0.29, 0.717) is 41.5 Å². The van der Waals surface area contributed by atoms with Gasteiger partial charge in [-0.3, -0.25) is 9.59 Å². The number of benzene rings is 2. The highest BCUT2D eigenvalue weighted by atomic mass is 35.5. The van der Waals surface area contributed by atoms with Crippen molar-refractivity contribution in [3.05, 3.63) is 82.4 Å². The number of hydrogen-bond acceptors (Lipinski definition) is 5. The molecule has 6 nitrogen and oxygen atoms in total. The van der Waals surface area contributed by atoms with Gasteiger partial charge in [0.1, 0.15) is 18.1 Å². The maximum Gasteiger partial charge on any atom is 0.295 e. The fourth-order valence-corrected chi connectivity index (χ4v) is 4.05. The van der Waals surface area contributed by atoms with E-state index in [1.54, 1.807) is 48.5 Å². The predicted octanol–water partition coefficient (Wildman–Crippen LogP) is 4.59. The molecule has 174 valence electrons. The van der Waals surface area contributed by atoms with Crippen molar-refractivity contribution in [1.82, 2.24) is 9.80 Å². The highest BCUT2D eigenvalue weighted by Crippen LogP contribution is 2.40. The molecule has 1 N–H and O–H groups in total. The van der Waals surface area contributed by atoms with Crippen LogP contribution in [0.4, 0.5) is 0 Å². The molecule has 2 aromatic rings. The molecule has 3 rings (SSSR count). The van der Waals surface area contributed by atoms with Crippen LogP contribution in [0.15, 0.2) is 60.7 Å². The molecule has 7 heteroatoms. The Morgan fingerprint density at radius 1 is 1.21 bits per heavy atom. The van der Waals surface area contributed by atoms with Crippen molar-refractivity contribution in [2.24, 2.45) is 0 Å². The Hall–Kier alpha value is -3.09. The minimum absolute atomic E-state index is 0.0753. The summed E-state index contributed by atoms with van der Waals surface area (Å²) in [6.45, 7) is 7.01. The quantitative estimate of drug-likeness (QED) is 0.252. The van der Waals surface area contributed by atoms with Gasteiger partial charge in [-0.25, -0.2) is 0 Å². The van der Waals surface area contributed by atoms with Crippen LogP contribution in [0.3, 0.4) is 0 Å². The molecule has 1 aliphatic heterocycles. The zero-order valence-electron chi connectivity index (χ0n) is 19.2. The number of carbonyl (C=O) groups is 2. The topological polar surface area (TPSA) is 70.1 Å². The Kier molecular flexibility index (Phi) is 7.95. The number of carbonyl (C=O) groups excluding carboxylic acids is 2. The van der Waals surface area contributed by atoms with Gasteiger partial charge in [0, 0.05) is 17.1 Å². The molecule has 1 saturated heterocycles. The highest BCUT2D eigenvalue weighted by molar-refractivity contribution is 6.46. The molecule has 1 unspecified atom stereocenters. The summed E-state index contributed by atoms with van der Waals surface area (Å²) in [6, 6.07) is 11.5. The summed E-state index contributed by atoms with van der Waals surface area (Å²) in [5.41, 5.74) is 2.03. The van der Waals surface area contributed by atoms with Crippen LogP contribution < -0.4 is 4.74 Å². The summed E-state index contributed by atoms with van der Waals surface area (Å²) >= 11 is 6.06. The number of aliphatic hydroxyl groups excluding tert-OH is 1. The Morgan fingerprint density at radius 2 is 1.91 bits per heavy atom. The molecule has 0 aliphatic carbocycles. The van der Waals surface area contributed by atoms with E-state index >= 15 is 0 Å². The molecule has 1 aliphatic rings. The fourth-order valence-electron chi connectivity index (χ4n) is 3.92. The number of likely N-dealkylation sites (tertiary alicyclic amines) is 1. The summed E-state index contributed by atoms with van der Waals surface area (Å²) in [4.78, 5) is 29.6. The van der Waals surface area contributed by atoms with Crippen molar-refractivity contribution in [3.63, 3.8) is 0 Å². The van der Waals surface area contributed by atoms with Gasteiger partial charge < -0.3 is 19.6 Å². The zero-order valence-corrected chi connectivity index (χ0v) is 19.9. The lowest BCUT2D eigenvalue weighted by Gasteiger charge is -2.26. The fraction of sp³-hybridized carbons (Fsp3) is 0.308. The number of ether oxygens (including phenoxy) is 1. The van der Waals surface area contributed by atoms with Crippen LogP contribution in [0.5, 0.6) is 5.75 Å². The van der Waals surface area contributed by atoms with Gasteiger partial charge >= 0.3 is 0 Å². The van der Waals surface area contributed by atoms with Gasteiger partial charge in [-0.15, -0.1) is 0 Å². The van der Waals surface area contributed by atoms with E-state index in [1.165, 1.54) is 4.90 Å². The van der Waals surface area contributed by atoms with Crippen molar-refractivity contribution in [2.45, 2.75) is 19.4 Å². The first-order valence-corrected chi connectivity index (χ1v) is 11.2. The molecule has 1 heterocycles. The number of Topliss-reactive ketones (excluding diaryl/α,β-unsaturated/α-hetero) is 1. The number of aryl methyl sites for hydroxylation is 1. The molecule has 1 atom stereocenters. The normalized spacial score (nSPS) is 17.6. The first kappa shape index (κ1) is 24.6. The first-order chi connectivity index (χ1) is 15.7. The van der Waals surface area contributed by atoms with Crippen LogP contribution >= 0.6 is 11.6 Å². The van der Waals surface area contributed by atoms with E-state index in [-0.39, 0.29) is 11.3 Å². The standard InChI is InChI=1S/C26H29ClN2O4/c1-5-15-33-21-12-9-19(16-17(21)2)24(30)22-23(18-7-10-20(27)11-8-18)29(26(32)25(22)31)14-6-13-28(3)4/h5,7-12,16,23,30H,1,6,13-15H2,2-4H3. The minimum atomic E-state index is -0.693. The molecule has 33 heavy (non-hydrogen) atoms. The van der Waals surface area contributed by atoms with Gasteiger partial charge in [-0.05, 0) is 75.4 Å². The smallest absolute Gasteiger partial charge is 0.295 e. The van der Waals surface area contributed by atoms with Crippen molar-refractivity contribution in [1.29, 1.82) is 0 Å². The lowest BCUT2D eigenvalue weighted by molar-refractivity contribution is -0.139. The van der Waals surface area contributed by atoms with E-state index < -0.39 is 17.7 Å². The summed E-state index contributed by atoms with van der Waals surface area (Å²) < 4.78 is 5.61. The molecule has 0 saturated carbocycles. The molecule has 0 bridgehead atoms. The summed E-state index contributed by atoms with van der Waals surface area (Å²) in [5.74, 6) is -0.855. The van der Waals surface area contributed by atoms with Crippen molar-refractivity contribution in [3.8, 4) is 5.75 Å². The second-order valence-corrected chi connectivity index (χ2v) is 8.72. The maximum atomic E-state index is 13.1. The Balaban J connectivity index is 2.06. The molecule has 2 aromatic carbocycles. The minimum Gasteiger partial charge on any atom is -0.507 e. The van der Waals surface area contributed by atoms with Gasteiger partial charge in [-0.2, -0.15) is 0 Å². The van der Waals surface area contributed by atoms with E-state index in [2.05, 4.69) is 6.58 Å².